The van der Waals surface area contributed by atoms with Gasteiger partial charge in [0.1, 0.15) is 0 Å². The average Bonchev–Trinajstić information content (AvgIpc) is 2.29. The van der Waals surface area contributed by atoms with E-state index >= 15 is 0 Å². The Morgan fingerprint density at radius 3 is 2.47 bits per heavy atom. The van der Waals surface area contributed by atoms with Gasteiger partial charge < -0.3 is 11.1 Å². The van der Waals surface area contributed by atoms with E-state index in [4.69, 9.17) is 5.73 Å². The van der Waals surface area contributed by atoms with Gasteiger partial charge in [-0.25, -0.2) is 0 Å². The topological polar surface area (TPSA) is 55.1 Å². The van der Waals surface area contributed by atoms with Gasteiger partial charge in [0.2, 0.25) is 0 Å². The first-order valence-electron chi connectivity index (χ1n) is 6.23. The summed E-state index contributed by atoms with van der Waals surface area (Å²) in [6.07, 6.45) is 3.43. The molecule has 1 amide bonds. The lowest BCUT2D eigenvalue weighted by molar-refractivity contribution is 0.0953. The van der Waals surface area contributed by atoms with Crippen molar-refractivity contribution >= 4 is 11.6 Å². The number of benzene rings is 1. The Hall–Kier alpha value is -1.51. The lowest BCUT2D eigenvalue weighted by Crippen LogP contribution is -2.24. The van der Waals surface area contributed by atoms with E-state index < -0.39 is 0 Å². The van der Waals surface area contributed by atoms with Crippen molar-refractivity contribution in [3.8, 4) is 0 Å². The van der Waals surface area contributed by atoms with Crippen LogP contribution in [0.2, 0.25) is 0 Å². The van der Waals surface area contributed by atoms with Crippen LogP contribution in [0.4, 0.5) is 5.69 Å². The van der Waals surface area contributed by atoms with Crippen molar-refractivity contribution in [3.63, 3.8) is 0 Å². The van der Waals surface area contributed by atoms with Gasteiger partial charge >= 0.3 is 0 Å². The molecule has 0 fully saturated rings. The summed E-state index contributed by atoms with van der Waals surface area (Å²) in [5.74, 6) is 0.720. The van der Waals surface area contributed by atoms with Crippen LogP contribution in [0.25, 0.3) is 0 Å². The fraction of sp³-hybridized carbons (Fsp3) is 0.500. The molecule has 1 aromatic rings. The van der Waals surface area contributed by atoms with E-state index in [1.54, 1.807) is 24.3 Å². The molecule has 3 heteroatoms. The number of anilines is 1. The molecule has 3 nitrogen and oxygen atoms in total. The maximum atomic E-state index is 11.7. The van der Waals surface area contributed by atoms with Gasteiger partial charge in [-0.2, -0.15) is 0 Å². The molecule has 0 saturated heterocycles. The molecule has 0 spiro atoms. The molecule has 0 atom stereocenters. The predicted molar refractivity (Wildman–Crippen MR) is 71.9 cm³/mol. The molecule has 0 aliphatic heterocycles. The van der Waals surface area contributed by atoms with Crippen molar-refractivity contribution in [2.45, 2.75) is 33.1 Å². The number of hydrogen-bond acceptors (Lipinski definition) is 2. The molecule has 0 radical (unpaired) electrons. The van der Waals surface area contributed by atoms with E-state index in [0.717, 1.165) is 18.9 Å². The summed E-state index contributed by atoms with van der Waals surface area (Å²) in [4.78, 5) is 11.7. The van der Waals surface area contributed by atoms with Crippen LogP contribution < -0.4 is 11.1 Å². The van der Waals surface area contributed by atoms with Gasteiger partial charge in [0.25, 0.3) is 5.91 Å². The van der Waals surface area contributed by atoms with Crippen molar-refractivity contribution in [1.29, 1.82) is 0 Å². The van der Waals surface area contributed by atoms with Gasteiger partial charge in [0.05, 0.1) is 0 Å². The monoisotopic (exact) mass is 234 g/mol. The second-order valence-electron chi connectivity index (χ2n) is 4.77. The van der Waals surface area contributed by atoms with Crippen LogP contribution in [0.1, 0.15) is 43.5 Å². The molecular weight excluding hydrogens is 212 g/mol. The molecule has 0 aliphatic carbocycles. The molecule has 0 bridgehead atoms. The smallest absolute Gasteiger partial charge is 0.251 e. The molecule has 17 heavy (non-hydrogen) atoms. The Morgan fingerprint density at radius 2 is 1.88 bits per heavy atom. The molecule has 0 saturated carbocycles. The highest BCUT2D eigenvalue weighted by Gasteiger charge is 2.03. The van der Waals surface area contributed by atoms with Gasteiger partial charge in [-0.1, -0.05) is 26.7 Å². The Kier molecular flexibility index (Phi) is 5.53. The van der Waals surface area contributed by atoms with Crippen LogP contribution in [0.3, 0.4) is 0 Å². The normalized spacial score (nSPS) is 10.5. The fourth-order valence-electron chi connectivity index (χ4n) is 1.62. The third-order valence-electron chi connectivity index (χ3n) is 2.67. The quantitative estimate of drug-likeness (QED) is 0.587. The number of nitrogens with one attached hydrogen (secondary N) is 1. The van der Waals surface area contributed by atoms with Gasteiger partial charge in [0, 0.05) is 17.8 Å². The lowest BCUT2D eigenvalue weighted by atomic mass is 10.1. The first-order chi connectivity index (χ1) is 8.09. The van der Waals surface area contributed by atoms with Crippen LogP contribution in [0, 0.1) is 5.92 Å². The first kappa shape index (κ1) is 13.6. The zero-order valence-corrected chi connectivity index (χ0v) is 10.7. The minimum atomic E-state index is -0.0189. The van der Waals surface area contributed by atoms with Crippen molar-refractivity contribution in [2.75, 3.05) is 12.3 Å². The SMILES string of the molecule is CC(C)CCCCNC(=O)c1ccc(N)cc1. The Balaban J connectivity index is 2.23. The van der Waals surface area contributed by atoms with Crippen LogP contribution in [-0.4, -0.2) is 12.5 Å². The third kappa shape index (κ3) is 5.38. The van der Waals surface area contributed by atoms with Crippen molar-refractivity contribution < 1.29 is 4.79 Å². The van der Waals surface area contributed by atoms with E-state index in [0.29, 0.717) is 11.3 Å². The highest BCUT2D eigenvalue weighted by Crippen LogP contribution is 2.07. The number of amides is 1. The van der Waals surface area contributed by atoms with E-state index in [1.807, 2.05) is 0 Å². The summed E-state index contributed by atoms with van der Waals surface area (Å²) >= 11 is 0. The summed E-state index contributed by atoms with van der Waals surface area (Å²) in [6.45, 7) is 5.18. The standard InChI is InChI=1S/C14H22N2O/c1-11(2)5-3-4-10-16-14(17)12-6-8-13(15)9-7-12/h6-9,11H,3-5,10,15H2,1-2H3,(H,16,17). The molecule has 1 aromatic carbocycles. The number of hydrogen-bond donors (Lipinski definition) is 2. The number of nitrogens with two attached hydrogens (primary N) is 1. The van der Waals surface area contributed by atoms with Gasteiger partial charge in [-0.15, -0.1) is 0 Å². The van der Waals surface area contributed by atoms with Crippen molar-refractivity contribution in [2.24, 2.45) is 5.92 Å². The highest BCUT2D eigenvalue weighted by molar-refractivity contribution is 5.94. The highest BCUT2D eigenvalue weighted by atomic mass is 16.1. The summed E-state index contributed by atoms with van der Waals surface area (Å²) in [5, 5.41) is 2.91. The number of rotatable bonds is 6. The maximum absolute atomic E-state index is 11.7. The summed E-state index contributed by atoms with van der Waals surface area (Å²) in [6, 6.07) is 6.99. The van der Waals surface area contributed by atoms with Gasteiger partial charge in [-0.3, -0.25) is 4.79 Å². The Morgan fingerprint density at radius 1 is 1.24 bits per heavy atom. The molecule has 0 unspecified atom stereocenters. The van der Waals surface area contributed by atoms with E-state index in [1.165, 1.54) is 12.8 Å². The van der Waals surface area contributed by atoms with Crippen molar-refractivity contribution in [1.82, 2.24) is 5.32 Å². The Labute approximate surface area is 103 Å². The molecule has 0 aliphatic rings. The second kappa shape index (κ2) is 6.94. The largest absolute Gasteiger partial charge is 0.399 e. The number of carbonyl (C=O) groups is 1. The molecule has 94 valence electrons. The van der Waals surface area contributed by atoms with Crippen LogP contribution in [0.5, 0.6) is 0 Å². The first-order valence-corrected chi connectivity index (χ1v) is 6.23. The molecule has 0 heterocycles. The molecule has 1 rings (SSSR count). The zero-order chi connectivity index (χ0) is 12.7. The minimum Gasteiger partial charge on any atom is -0.399 e. The van der Waals surface area contributed by atoms with E-state index in [-0.39, 0.29) is 5.91 Å². The third-order valence-corrected chi connectivity index (χ3v) is 2.67. The number of carbonyl (C=O) groups excluding carboxylic acids is 1. The summed E-state index contributed by atoms with van der Waals surface area (Å²) in [7, 11) is 0. The lowest BCUT2D eigenvalue weighted by Gasteiger charge is -2.06. The van der Waals surface area contributed by atoms with Crippen LogP contribution in [-0.2, 0) is 0 Å². The number of unbranched alkanes of at least 4 members (excludes halogenated alkanes) is 1. The van der Waals surface area contributed by atoms with E-state index in [9.17, 15) is 4.79 Å². The fourth-order valence-corrected chi connectivity index (χ4v) is 1.62. The summed E-state index contributed by atoms with van der Waals surface area (Å²) < 4.78 is 0. The van der Waals surface area contributed by atoms with E-state index in [2.05, 4.69) is 19.2 Å². The van der Waals surface area contributed by atoms with Crippen LogP contribution >= 0.6 is 0 Å². The molecule has 0 aromatic heterocycles. The second-order valence-corrected chi connectivity index (χ2v) is 4.77. The maximum Gasteiger partial charge on any atom is 0.251 e. The van der Waals surface area contributed by atoms with Gasteiger partial charge in [0.15, 0.2) is 0 Å². The van der Waals surface area contributed by atoms with Crippen LogP contribution in [0.15, 0.2) is 24.3 Å². The molecule has 3 N–H and O–H groups in total. The van der Waals surface area contributed by atoms with Crippen molar-refractivity contribution in [3.05, 3.63) is 29.8 Å². The zero-order valence-electron chi connectivity index (χ0n) is 10.7. The average molecular weight is 234 g/mol. The Bertz CT molecular complexity index is 344. The summed E-state index contributed by atoms with van der Waals surface area (Å²) in [5.41, 5.74) is 6.91. The predicted octanol–water partition coefficient (Wildman–Crippen LogP) is 2.82. The van der Waals surface area contributed by atoms with Gasteiger partial charge in [-0.05, 0) is 36.6 Å². The number of nitrogen functional groups attached to an aromatic ring is 1. The molecular formula is C14H22N2O. The minimum absolute atomic E-state index is 0.0189.